The van der Waals surface area contributed by atoms with E-state index >= 15 is 0 Å². The van der Waals surface area contributed by atoms with Crippen LogP contribution >= 0.6 is 0 Å². The summed E-state index contributed by atoms with van der Waals surface area (Å²) in [6.07, 6.45) is 6.09. The first kappa shape index (κ1) is 17.3. The van der Waals surface area contributed by atoms with Crippen molar-refractivity contribution in [2.45, 2.75) is 46.1 Å². The molecule has 0 saturated heterocycles. The van der Waals surface area contributed by atoms with E-state index in [1.54, 1.807) is 11.1 Å². The van der Waals surface area contributed by atoms with Gasteiger partial charge in [0, 0.05) is 19.7 Å². The molecule has 1 heterocycles. The van der Waals surface area contributed by atoms with E-state index in [0.29, 0.717) is 18.9 Å². The molecule has 2 amide bonds. The Kier molecular flexibility index (Phi) is 5.97. The van der Waals surface area contributed by atoms with Crippen molar-refractivity contribution in [2.75, 3.05) is 6.54 Å². The molecule has 0 fully saturated rings. The minimum Gasteiger partial charge on any atom is -0.356 e. The van der Waals surface area contributed by atoms with Gasteiger partial charge in [-0.25, -0.2) is 0 Å². The molecule has 0 radical (unpaired) electrons. The monoisotopic (exact) mass is 314 g/mol. The van der Waals surface area contributed by atoms with Gasteiger partial charge in [-0.15, -0.1) is 0 Å². The molecule has 1 aromatic rings. The number of carbonyl (C=O) groups excluding carboxylic acids is 2. The van der Waals surface area contributed by atoms with E-state index in [1.165, 1.54) is 6.92 Å². The Labute approximate surface area is 138 Å². The second kappa shape index (κ2) is 7.95. The van der Waals surface area contributed by atoms with E-state index in [9.17, 15) is 9.59 Å². The van der Waals surface area contributed by atoms with Crippen LogP contribution in [-0.2, 0) is 9.59 Å². The number of nitrogens with zero attached hydrogens (tertiary/aromatic N) is 1. The molecule has 1 atom stereocenters. The molecule has 1 aromatic carbocycles. The molecule has 0 spiro atoms. The number of benzene rings is 1. The zero-order valence-corrected chi connectivity index (χ0v) is 14.2. The smallest absolute Gasteiger partial charge is 0.223 e. The Hall–Kier alpha value is -2.10. The minimum atomic E-state index is -0.223. The summed E-state index contributed by atoms with van der Waals surface area (Å²) in [7, 11) is 0. The fourth-order valence-corrected chi connectivity index (χ4v) is 2.90. The number of hydrogen-bond donors (Lipinski definition) is 1. The van der Waals surface area contributed by atoms with Gasteiger partial charge in [-0.05, 0) is 36.0 Å². The average Bonchev–Trinajstić information content (AvgIpc) is 2.51. The Morgan fingerprint density at radius 1 is 1.26 bits per heavy atom. The number of nitrogens with one attached hydrogen (secondary N) is 1. The predicted octanol–water partition coefficient (Wildman–Crippen LogP) is 3.50. The quantitative estimate of drug-likeness (QED) is 0.817. The van der Waals surface area contributed by atoms with Crippen molar-refractivity contribution in [1.29, 1.82) is 0 Å². The lowest BCUT2D eigenvalue weighted by Gasteiger charge is -2.32. The minimum absolute atomic E-state index is 0.00453. The van der Waals surface area contributed by atoms with Gasteiger partial charge in [0.2, 0.25) is 11.8 Å². The molecule has 2 rings (SSSR count). The van der Waals surface area contributed by atoms with Gasteiger partial charge in [0.05, 0.1) is 12.5 Å². The van der Waals surface area contributed by atoms with Gasteiger partial charge in [-0.2, -0.15) is 0 Å². The van der Waals surface area contributed by atoms with Crippen LogP contribution in [0.5, 0.6) is 0 Å². The SMILES string of the molecule is CC(=O)N1C=Cc2ccccc2C1CC(=O)NCCCC(C)C. The van der Waals surface area contributed by atoms with Crippen molar-refractivity contribution in [3.63, 3.8) is 0 Å². The van der Waals surface area contributed by atoms with Crippen molar-refractivity contribution in [1.82, 2.24) is 10.2 Å². The third-order valence-corrected chi connectivity index (χ3v) is 4.13. The predicted molar refractivity (Wildman–Crippen MR) is 92.4 cm³/mol. The molecule has 4 nitrogen and oxygen atoms in total. The van der Waals surface area contributed by atoms with E-state index in [4.69, 9.17) is 0 Å². The molecule has 0 aliphatic carbocycles. The molecule has 23 heavy (non-hydrogen) atoms. The summed E-state index contributed by atoms with van der Waals surface area (Å²) in [6.45, 7) is 6.59. The van der Waals surface area contributed by atoms with Gasteiger partial charge in [0.1, 0.15) is 0 Å². The molecule has 1 aliphatic rings. The van der Waals surface area contributed by atoms with Crippen molar-refractivity contribution in [3.8, 4) is 0 Å². The van der Waals surface area contributed by atoms with Gasteiger partial charge in [0.25, 0.3) is 0 Å². The number of carbonyl (C=O) groups is 2. The first-order valence-electron chi connectivity index (χ1n) is 8.31. The lowest BCUT2D eigenvalue weighted by Crippen LogP contribution is -2.35. The zero-order valence-electron chi connectivity index (χ0n) is 14.2. The Balaban J connectivity index is 2.02. The summed E-state index contributed by atoms with van der Waals surface area (Å²) in [5, 5.41) is 2.97. The summed E-state index contributed by atoms with van der Waals surface area (Å²) in [4.78, 5) is 25.8. The normalized spacial score (nSPS) is 16.3. The maximum absolute atomic E-state index is 12.3. The largest absolute Gasteiger partial charge is 0.356 e. The number of hydrogen-bond acceptors (Lipinski definition) is 2. The summed E-state index contributed by atoms with van der Waals surface area (Å²) in [6, 6.07) is 7.70. The molecule has 0 aromatic heterocycles. The second-order valence-electron chi connectivity index (χ2n) is 6.48. The Morgan fingerprint density at radius 2 is 2.00 bits per heavy atom. The first-order valence-corrected chi connectivity index (χ1v) is 8.31. The summed E-state index contributed by atoms with van der Waals surface area (Å²) >= 11 is 0. The second-order valence-corrected chi connectivity index (χ2v) is 6.48. The molecule has 0 saturated carbocycles. The van der Waals surface area contributed by atoms with Crippen LogP contribution in [0.15, 0.2) is 30.5 Å². The van der Waals surface area contributed by atoms with Crippen molar-refractivity contribution in [3.05, 3.63) is 41.6 Å². The Bertz CT molecular complexity index is 593. The molecule has 0 bridgehead atoms. The van der Waals surface area contributed by atoms with Crippen LogP contribution in [0.1, 0.15) is 57.2 Å². The average molecular weight is 314 g/mol. The van der Waals surface area contributed by atoms with Crippen LogP contribution in [0.2, 0.25) is 0 Å². The van der Waals surface area contributed by atoms with Gasteiger partial charge < -0.3 is 10.2 Å². The molecule has 1 aliphatic heterocycles. The summed E-state index contributed by atoms with van der Waals surface area (Å²) in [5.74, 6) is 0.596. The highest BCUT2D eigenvalue weighted by molar-refractivity contribution is 5.81. The fourth-order valence-electron chi connectivity index (χ4n) is 2.90. The molecule has 1 unspecified atom stereocenters. The maximum Gasteiger partial charge on any atom is 0.223 e. The van der Waals surface area contributed by atoms with E-state index in [1.807, 2.05) is 30.3 Å². The summed E-state index contributed by atoms with van der Waals surface area (Å²) < 4.78 is 0. The lowest BCUT2D eigenvalue weighted by molar-refractivity contribution is -0.129. The van der Waals surface area contributed by atoms with Crippen molar-refractivity contribution < 1.29 is 9.59 Å². The van der Waals surface area contributed by atoms with Crippen molar-refractivity contribution in [2.24, 2.45) is 5.92 Å². The van der Waals surface area contributed by atoms with Crippen LogP contribution < -0.4 is 5.32 Å². The molecule has 4 heteroatoms. The van der Waals surface area contributed by atoms with Crippen molar-refractivity contribution >= 4 is 17.9 Å². The van der Waals surface area contributed by atoms with Gasteiger partial charge >= 0.3 is 0 Å². The van der Waals surface area contributed by atoms with Crippen LogP contribution in [0.25, 0.3) is 6.08 Å². The highest BCUT2D eigenvalue weighted by Crippen LogP contribution is 2.32. The van der Waals surface area contributed by atoms with Gasteiger partial charge in [-0.1, -0.05) is 38.1 Å². The highest BCUT2D eigenvalue weighted by atomic mass is 16.2. The van der Waals surface area contributed by atoms with E-state index in [2.05, 4.69) is 19.2 Å². The standard InChI is InChI=1S/C19H26N2O2/c1-14(2)7-6-11-20-19(23)13-18-17-9-5-4-8-16(17)10-12-21(18)15(3)22/h4-5,8-10,12,14,18H,6-7,11,13H2,1-3H3,(H,20,23). The number of rotatable bonds is 6. The fraction of sp³-hybridized carbons (Fsp3) is 0.474. The van der Waals surface area contributed by atoms with Gasteiger partial charge in [0.15, 0.2) is 0 Å². The number of amides is 2. The third kappa shape index (κ3) is 4.68. The summed E-state index contributed by atoms with van der Waals surface area (Å²) in [5.41, 5.74) is 2.10. The van der Waals surface area contributed by atoms with E-state index < -0.39 is 0 Å². The molecule has 124 valence electrons. The van der Waals surface area contributed by atoms with Crippen LogP contribution in [-0.4, -0.2) is 23.3 Å². The van der Waals surface area contributed by atoms with Crippen LogP contribution in [0.4, 0.5) is 0 Å². The van der Waals surface area contributed by atoms with Crippen LogP contribution in [0, 0.1) is 5.92 Å². The first-order chi connectivity index (χ1) is 11.0. The lowest BCUT2D eigenvalue weighted by atomic mass is 9.93. The highest BCUT2D eigenvalue weighted by Gasteiger charge is 2.27. The topological polar surface area (TPSA) is 49.4 Å². The molecule has 1 N–H and O–H groups in total. The van der Waals surface area contributed by atoms with E-state index in [-0.39, 0.29) is 17.9 Å². The maximum atomic E-state index is 12.3. The zero-order chi connectivity index (χ0) is 16.8. The number of fused-ring (bicyclic) bond motifs is 1. The molecular formula is C19H26N2O2. The molecular weight excluding hydrogens is 288 g/mol. The Morgan fingerprint density at radius 3 is 2.70 bits per heavy atom. The van der Waals surface area contributed by atoms with Crippen LogP contribution in [0.3, 0.4) is 0 Å². The third-order valence-electron chi connectivity index (χ3n) is 4.13. The van der Waals surface area contributed by atoms with Gasteiger partial charge in [-0.3, -0.25) is 9.59 Å². The van der Waals surface area contributed by atoms with E-state index in [0.717, 1.165) is 24.0 Å².